The van der Waals surface area contributed by atoms with Crippen LogP contribution in [0.25, 0.3) is 0 Å². The normalized spacial score (nSPS) is 14.2. The molecule has 0 aliphatic carbocycles. The molecule has 0 bridgehead atoms. The van der Waals surface area contributed by atoms with Gasteiger partial charge in [-0.3, -0.25) is 0 Å². The second kappa shape index (κ2) is 6.44. The predicted octanol–water partition coefficient (Wildman–Crippen LogP) is 1.70. The average molecular weight is 172 g/mol. The first-order valence-corrected chi connectivity index (χ1v) is 5.00. The van der Waals surface area contributed by atoms with E-state index in [1.165, 1.54) is 6.42 Å². The van der Waals surface area contributed by atoms with Crippen molar-refractivity contribution in [3.05, 3.63) is 0 Å². The quantitative estimate of drug-likeness (QED) is 0.661. The third kappa shape index (κ3) is 6.62. The number of hydrogen-bond donors (Lipinski definition) is 1. The fourth-order valence-electron chi connectivity index (χ4n) is 1.55. The summed E-state index contributed by atoms with van der Waals surface area (Å²) in [6.45, 7) is 8.83. The van der Waals surface area contributed by atoms with E-state index in [2.05, 4.69) is 32.7 Å². The van der Waals surface area contributed by atoms with Crippen LogP contribution in [0.2, 0.25) is 0 Å². The molecule has 0 aromatic carbocycles. The zero-order chi connectivity index (χ0) is 9.56. The molecular formula is C10H24N2. The fourth-order valence-corrected chi connectivity index (χ4v) is 1.55. The van der Waals surface area contributed by atoms with Crippen molar-refractivity contribution in [1.82, 2.24) is 4.90 Å². The van der Waals surface area contributed by atoms with Gasteiger partial charge < -0.3 is 10.6 Å². The third-order valence-electron chi connectivity index (χ3n) is 1.93. The van der Waals surface area contributed by atoms with Crippen LogP contribution in [0.4, 0.5) is 0 Å². The molecule has 2 nitrogen and oxygen atoms in total. The Bertz CT molecular complexity index is 102. The van der Waals surface area contributed by atoms with E-state index in [-0.39, 0.29) is 0 Å². The Balaban J connectivity index is 3.46. The first-order valence-electron chi connectivity index (χ1n) is 5.00. The molecule has 0 heterocycles. The third-order valence-corrected chi connectivity index (χ3v) is 1.93. The molecule has 0 radical (unpaired) electrons. The van der Waals surface area contributed by atoms with E-state index in [1.54, 1.807) is 0 Å². The highest BCUT2D eigenvalue weighted by molar-refractivity contribution is 4.67. The molecule has 0 aromatic heterocycles. The number of likely N-dealkylation sites (N-methyl/N-ethyl adjacent to an activating group) is 1. The molecule has 0 saturated heterocycles. The summed E-state index contributed by atoms with van der Waals surface area (Å²) in [5.74, 6) is 0.718. The SMILES string of the molecule is CCCN(C)CC(N)CC(C)C. The Labute approximate surface area is 77.1 Å². The van der Waals surface area contributed by atoms with E-state index >= 15 is 0 Å². The molecule has 74 valence electrons. The molecule has 0 aromatic rings. The topological polar surface area (TPSA) is 29.3 Å². The van der Waals surface area contributed by atoms with Gasteiger partial charge in [0.25, 0.3) is 0 Å². The molecule has 1 unspecified atom stereocenters. The van der Waals surface area contributed by atoms with E-state index in [0.717, 1.165) is 25.4 Å². The Morgan fingerprint density at radius 3 is 2.33 bits per heavy atom. The van der Waals surface area contributed by atoms with Crippen molar-refractivity contribution in [2.75, 3.05) is 20.1 Å². The van der Waals surface area contributed by atoms with Gasteiger partial charge in [0.1, 0.15) is 0 Å². The zero-order valence-corrected chi connectivity index (χ0v) is 9.01. The van der Waals surface area contributed by atoms with Crippen molar-refractivity contribution in [1.29, 1.82) is 0 Å². The lowest BCUT2D eigenvalue weighted by molar-refractivity contribution is 0.294. The van der Waals surface area contributed by atoms with Crippen molar-refractivity contribution in [3.8, 4) is 0 Å². The predicted molar refractivity (Wildman–Crippen MR) is 55.2 cm³/mol. The van der Waals surface area contributed by atoms with Crippen molar-refractivity contribution in [3.63, 3.8) is 0 Å². The molecule has 2 N–H and O–H groups in total. The first-order chi connectivity index (χ1) is 5.56. The summed E-state index contributed by atoms with van der Waals surface area (Å²) in [4.78, 5) is 2.31. The lowest BCUT2D eigenvalue weighted by atomic mass is 10.0. The van der Waals surface area contributed by atoms with Gasteiger partial charge in [0.2, 0.25) is 0 Å². The van der Waals surface area contributed by atoms with Gasteiger partial charge in [0, 0.05) is 12.6 Å². The van der Waals surface area contributed by atoms with Crippen LogP contribution in [0, 0.1) is 5.92 Å². The molecule has 0 amide bonds. The van der Waals surface area contributed by atoms with Crippen LogP contribution in [0.15, 0.2) is 0 Å². The first kappa shape index (κ1) is 11.9. The van der Waals surface area contributed by atoms with Crippen LogP contribution in [0.3, 0.4) is 0 Å². The summed E-state index contributed by atoms with van der Waals surface area (Å²) in [6.07, 6.45) is 2.35. The van der Waals surface area contributed by atoms with Crippen LogP contribution in [-0.4, -0.2) is 31.1 Å². The van der Waals surface area contributed by atoms with Crippen LogP contribution < -0.4 is 5.73 Å². The number of nitrogens with zero attached hydrogens (tertiary/aromatic N) is 1. The van der Waals surface area contributed by atoms with E-state index in [1.807, 2.05) is 0 Å². The van der Waals surface area contributed by atoms with Gasteiger partial charge in [0.05, 0.1) is 0 Å². The van der Waals surface area contributed by atoms with Gasteiger partial charge >= 0.3 is 0 Å². The van der Waals surface area contributed by atoms with E-state index < -0.39 is 0 Å². The molecule has 0 aliphatic rings. The monoisotopic (exact) mass is 172 g/mol. The molecule has 0 rings (SSSR count). The highest BCUT2D eigenvalue weighted by atomic mass is 15.1. The van der Waals surface area contributed by atoms with Crippen molar-refractivity contribution in [2.45, 2.75) is 39.7 Å². The fraction of sp³-hybridized carbons (Fsp3) is 1.00. The molecular weight excluding hydrogens is 148 g/mol. The zero-order valence-electron chi connectivity index (χ0n) is 9.01. The summed E-state index contributed by atoms with van der Waals surface area (Å²) in [6, 6.07) is 0.349. The van der Waals surface area contributed by atoms with Gasteiger partial charge in [0.15, 0.2) is 0 Å². The molecule has 0 aliphatic heterocycles. The molecule has 12 heavy (non-hydrogen) atoms. The average Bonchev–Trinajstić information content (AvgIpc) is 1.84. The van der Waals surface area contributed by atoms with Crippen LogP contribution >= 0.6 is 0 Å². The number of nitrogens with two attached hydrogens (primary N) is 1. The van der Waals surface area contributed by atoms with E-state index in [9.17, 15) is 0 Å². The Kier molecular flexibility index (Phi) is 6.39. The minimum Gasteiger partial charge on any atom is -0.327 e. The van der Waals surface area contributed by atoms with Gasteiger partial charge in [-0.2, -0.15) is 0 Å². The second-order valence-electron chi connectivity index (χ2n) is 4.15. The Morgan fingerprint density at radius 2 is 1.92 bits per heavy atom. The minimum absolute atomic E-state index is 0.349. The second-order valence-corrected chi connectivity index (χ2v) is 4.15. The summed E-state index contributed by atoms with van der Waals surface area (Å²) in [7, 11) is 2.14. The molecule has 2 heteroatoms. The van der Waals surface area contributed by atoms with Gasteiger partial charge in [-0.25, -0.2) is 0 Å². The number of hydrogen-bond acceptors (Lipinski definition) is 2. The molecule has 1 atom stereocenters. The largest absolute Gasteiger partial charge is 0.327 e. The van der Waals surface area contributed by atoms with Crippen LogP contribution in [0.5, 0.6) is 0 Å². The maximum Gasteiger partial charge on any atom is 0.0170 e. The lowest BCUT2D eigenvalue weighted by Gasteiger charge is -2.21. The maximum atomic E-state index is 5.96. The van der Waals surface area contributed by atoms with Gasteiger partial charge in [-0.1, -0.05) is 20.8 Å². The van der Waals surface area contributed by atoms with Crippen LogP contribution in [-0.2, 0) is 0 Å². The smallest absolute Gasteiger partial charge is 0.0170 e. The summed E-state index contributed by atoms with van der Waals surface area (Å²) in [5.41, 5.74) is 5.96. The standard InChI is InChI=1S/C10H24N2/c1-5-6-12(4)8-10(11)7-9(2)3/h9-10H,5-8,11H2,1-4H3. The molecule has 0 saturated carbocycles. The van der Waals surface area contributed by atoms with E-state index in [4.69, 9.17) is 5.73 Å². The highest BCUT2D eigenvalue weighted by Crippen LogP contribution is 2.03. The maximum absolute atomic E-state index is 5.96. The Hall–Kier alpha value is -0.0800. The molecule has 0 spiro atoms. The lowest BCUT2D eigenvalue weighted by Crippen LogP contribution is -2.36. The van der Waals surface area contributed by atoms with Crippen molar-refractivity contribution < 1.29 is 0 Å². The van der Waals surface area contributed by atoms with Crippen molar-refractivity contribution >= 4 is 0 Å². The van der Waals surface area contributed by atoms with Crippen molar-refractivity contribution in [2.24, 2.45) is 11.7 Å². The Morgan fingerprint density at radius 1 is 1.33 bits per heavy atom. The van der Waals surface area contributed by atoms with E-state index in [0.29, 0.717) is 6.04 Å². The summed E-state index contributed by atoms with van der Waals surface area (Å²) in [5, 5.41) is 0. The molecule has 0 fully saturated rings. The van der Waals surface area contributed by atoms with Gasteiger partial charge in [-0.05, 0) is 32.4 Å². The summed E-state index contributed by atoms with van der Waals surface area (Å²) < 4.78 is 0. The van der Waals surface area contributed by atoms with Gasteiger partial charge in [-0.15, -0.1) is 0 Å². The summed E-state index contributed by atoms with van der Waals surface area (Å²) >= 11 is 0. The van der Waals surface area contributed by atoms with Crippen LogP contribution in [0.1, 0.15) is 33.6 Å². The number of rotatable bonds is 6. The highest BCUT2D eigenvalue weighted by Gasteiger charge is 2.07. The minimum atomic E-state index is 0.349.